The van der Waals surface area contributed by atoms with E-state index >= 15 is 0 Å². The molecule has 2 aromatic rings. The number of hydrogen-bond donors (Lipinski definition) is 2. The van der Waals surface area contributed by atoms with Crippen LogP contribution in [0.1, 0.15) is 24.2 Å². The molecular weight excluding hydrogens is 256 g/mol. The highest BCUT2D eigenvalue weighted by Gasteiger charge is 2.04. The molecule has 0 spiro atoms. The second-order valence-corrected chi connectivity index (χ2v) is 4.50. The van der Waals surface area contributed by atoms with Crippen LogP contribution in [0, 0.1) is 6.92 Å². The van der Waals surface area contributed by atoms with Gasteiger partial charge in [0.25, 0.3) is 0 Å². The standard InChI is InChI=1S/C14H18N4O2/c1-10-16-14(20-18-10)7-8-15-9-12-5-3-4-6-13(12)17-11(2)19/h3-6,15H,7-9H2,1-2H3,(H,17,19). The van der Waals surface area contributed by atoms with Gasteiger partial charge in [-0.2, -0.15) is 4.98 Å². The molecule has 1 heterocycles. The van der Waals surface area contributed by atoms with Crippen molar-refractivity contribution < 1.29 is 9.32 Å². The predicted octanol–water partition coefficient (Wildman–Crippen LogP) is 1.67. The number of anilines is 1. The van der Waals surface area contributed by atoms with Crippen LogP contribution in [0.3, 0.4) is 0 Å². The number of carbonyl (C=O) groups is 1. The van der Waals surface area contributed by atoms with Crippen molar-refractivity contribution >= 4 is 11.6 Å². The van der Waals surface area contributed by atoms with Crippen LogP contribution in [-0.4, -0.2) is 22.6 Å². The van der Waals surface area contributed by atoms with Crippen LogP contribution >= 0.6 is 0 Å². The fourth-order valence-corrected chi connectivity index (χ4v) is 1.85. The fraction of sp³-hybridized carbons (Fsp3) is 0.357. The Bertz CT molecular complexity index is 580. The molecule has 0 saturated heterocycles. The van der Waals surface area contributed by atoms with E-state index in [1.807, 2.05) is 24.3 Å². The van der Waals surface area contributed by atoms with Gasteiger partial charge in [-0.1, -0.05) is 23.4 Å². The summed E-state index contributed by atoms with van der Waals surface area (Å²) in [5.74, 6) is 1.21. The monoisotopic (exact) mass is 274 g/mol. The number of benzene rings is 1. The second kappa shape index (κ2) is 6.81. The molecule has 0 aliphatic rings. The van der Waals surface area contributed by atoms with Gasteiger partial charge in [-0.25, -0.2) is 0 Å². The van der Waals surface area contributed by atoms with Crippen LogP contribution in [0.5, 0.6) is 0 Å². The van der Waals surface area contributed by atoms with E-state index in [0.717, 1.165) is 17.8 Å². The molecule has 2 N–H and O–H groups in total. The predicted molar refractivity (Wildman–Crippen MR) is 75.2 cm³/mol. The first-order chi connectivity index (χ1) is 9.65. The lowest BCUT2D eigenvalue weighted by atomic mass is 10.1. The quantitative estimate of drug-likeness (QED) is 0.783. The number of carbonyl (C=O) groups excluding carboxylic acids is 1. The number of hydrogen-bond acceptors (Lipinski definition) is 5. The number of aryl methyl sites for hydroxylation is 1. The molecule has 0 aliphatic heterocycles. The van der Waals surface area contributed by atoms with E-state index in [2.05, 4.69) is 20.8 Å². The van der Waals surface area contributed by atoms with Gasteiger partial charge in [0.1, 0.15) is 0 Å². The molecule has 1 aromatic carbocycles. The van der Waals surface area contributed by atoms with E-state index in [9.17, 15) is 4.79 Å². The molecule has 20 heavy (non-hydrogen) atoms. The SMILES string of the molecule is CC(=O)Nc1ccccc1CNCCc1nc(C)no1. The van der Waals surface area contributed by atoms with Crippen LogP contribution in [0.25, 0.3) is 0 Å². The fourth-order valence-electron chi connectivity index (χ4n) is 1.85. The molecule has 0 unspecified atom stereocenters. The van der Waals surface area contributed by atoms with Crippen LogP contribution in [-0.2, 0) is 17.8 Å². The highest BCUT2D eigenvalue weighted by atomic mass is 16.5. The molecule has 6 heteroatoms. The zero-order valence-electron chi connectivity index (χ0n) is 11.6. The lowest BCUT2D eigenvalue weighted by Gasteiger charge is -2.10. The molecule has 0 aliphatic carbocycles. The smallest absolute Gasteiger partial charge is 0.227 e. The minimum atomic E-state index is -0.0706. The Morgan fingerprint density at radius 2 is 2.15 bits per heavy atom. The minimum absolute atomic E-state index is 0.0706. The first kappa shape index (κ1) is 14.2. The van der Waals surface area contributed by atoms with Gasteiger partial charge in [-0.15, -0.1) is 0 Å². The third kappa shape index (κ3) is 4.17. The van der Waals surface area contributed by atoms with Gasteiger partial charge in [0, 0.05) is 32.1 Å². The van der Waals surface area contributed by atoms with Gasteiger partial charge in [0.2, 0.25) is 11.8 Å². The van der Waals surface area contributed by atoms with Crippen molar-refractivity contribution in [2.24, 2.45) is 0 Å². The average Bonchev–Trinajstić information content (AvgIpc) is 2.81. The highest BCUT2D eigenvalue weighted by molar-refractivity contribution is 5.89. The summed E-state index contributed by atoms with van der Waals surface area (Å²) < 4.78 is 5.03. The molecule has 106 valence electrons. The Labute approximate surface area is 117 Å². The molecule has 2 rings (SSSR count). The Balaban J connectivity index is 1.83. The molecule has 6 nitrogen and oxygen atoms in total. The normalized spacial score (nSPS) is 10.5. The van der Waals surface area contributed by atoms with Crippen LogP contribution in [0.15, 0.2) is 28.8 Å². The molecule has 0 bridgehead atoms. The van der Waals surface area contributed by atoms with E-state index in [0.29, 0.717) is 24.7 Å². The van der Waals surface area contributed by atoms with E-state index in [1.165, 1.54) is 6.92 Å². The van der Waals surface area contributed by atoms with Gasteiger partial charge in [-0.3, -0.25) is 4.79 Å². The third-order valence-corrected chi connectivity index (χ3v) is 2.73. The van der Waals surface area contributed by atoms with E-state index in [-0.39, 0.29) is 5.91 Å². The third-order valence-electron chi connectivity index (χ3n) is 2.73. The Morgan fingerprint density at radius 3 is 2.85 bits per heavy atom. The van der Waals surface area contributed by atoms with Crippen molar-refractivity contribution in [2.75, 3.05) is 11.9 Å². The van der Waals surface area contributed by atoms with Gasteiger partial charge in [0.15, 0.2) is 5.82 Å². The zero-order chi connectivity index (χ0) is 14.4. The minimum Gasteiger partial charge on any atom is -0.339 e. The number of aromatic nitrogens is 2. The summed E-state index contributed by atoms with van der Waals surface area (Å²) in [6.45, 7) is 4.70. The van der Waals surface area contributed by atoms with E-state index in [4.69, 9.17) is 4.52 Å². The summed E-state index contributed by atoms with van der Waals surface area (Å²) in [6.07, 6.45) is 0.684. The molecule has 0 saturated carbocycles. The first-order valence-electron chi connectivity index (χ1n) is 6.50. The van der Waals surface area contributed by atoms with Crippen molar-refractivity contribution in [1.29, 1.82) is 0 Å². The van der Waals surface area contributed by atoms with Gasteiger partial charge in [0.05, 0.1) is 0 Å². The second-order valence-electron chi connectivity index (χ2n) is 4.50. The van der Waals surface area contributed by atoms with Crippen molar-refractivity contribution in [1.82, 2.24) is 15.5 Å². The van der Waals surface area contributed by atoms with E-state index < -0.39 is 0 Å². The van der Waals surface area contributed by atoms with E-state index in [1.54, 1.807) is 6.92 Å². The lowest BCUT2D eigenvalue weighted by molar-refractivity contribution is -0.114. The van der Waals surface area contributed by atoms with Crippen molar-refractivity contribution in [3.63, 3.8) is 0 Å². The van der Waals surface area contributed by atoms with Gasteiger partial charge in [-0.05, 0) is 18.6 Å². The van der Waals surface area contributed by atoms with Gasteiger partial charge < -0.3 is 15.2 Å². The number of rotatable bonds is 6. The first-order valence-corrected chi connectivity index (χ1v) is 6.50. The Hall–Kier alpha value is -2.21. The van der Waals surface area contributed by atoms with Crippen LogP contribution in [0.4, 0.5) is 5.69 Å². The highest BCUT2D eigenvalue weighted by Crippen LogP contribution is 2.14. The summed E-state index contributed by atoms with van der Waals surface area (Å²) in [7, 11) is 0. The molecular formula is C14H18N4O2. The summed E-state index contributed by atoms with van der Waals surface area (Å²) >= 11 is 0. The topological polar surface area (TPSA) is 80.0 Å². The van der Waals surface area contributed by atoms with Gasteiger partial charge >= 0.3 is 0 Å². The maximum Gasteiger partial charge on any atom is 0.227 e. The summed E-state index contributed by atoms with van der Waals surface area (Å²) in [5, 5.41) is 9.85. The average molecular weight is 274 g/mol. The maximum atomic E-state index is 11.1. The Kier molecular flexibility index (Phi) is 4.84. The van der Waals surface area contributed by atoms with Crippen molar-refractivity contribution in [3.8, 4) is 0 Å². The summed E-state index contributed by atoms with van der Waals surface area (Å²) in [5.41, 5.74) is 1.88. The van der Waals surface area contributed by atoms with Crippen molar-refractivity contribution in [2.45, 2.75) is 26.8 Å². The maximum absolute atomic E-state index is 11.1. The summed E-state index contributed by atoms with van der Waals surface area (Å²) in [4.78, 5) is 15.3. The number of nitrogens with zero attached hydrogens (tertiary/aromatic N) is 2. The number of nitrogens with one attached hydrogen (secondary N) is 2. The molecule has 1 aromatic heterocycles. The van der Waals surface area contributed by atoms with Crippen LogP contribution in [0.2, 0.25) is 0 Å². The molecule has 0 atom stereocenters. The number of para-hydroxylation sites is 1. The lowest BCUT2D eigenvalue weighted by Crippen LogP contribution is -2.18. The summed E-state index contributed by atoms with van der Waals surface area (Å²) in [6, 6.07) is 7.72. The molecule has 0 radical (unpaired) electrons. The molecule has 1 amide bonds. The largest absolute Gasteiger partial charge is 0.339 e. The zero-order valence-corrected chi connectivity index (χ0v) is 11.6. The Morgan fingerprint density at radius 1 is 1.35 bits per heavy atom. The molecule has 0 fully saturated rings. The van der Waals surface area contributed by atoms with Crippen molar-refractivity contribution in [3.05, 3.63) is 41.5 Å². The number of amides is 1. The van der Waals surface area contributed by atoms with Crippen LogP contribution < -0.4 is 10.6 Å².